The first-order valence-corrected chi connectivity index (χ1v) is 14.7. The second-order valence-corrected chi connectivity index (χ2v) is 11.6. The molecule has 8 nitrogen and oxygen atoms in total. The van der Waals surface area contributed by atoms with Crippen LogP contribution in [0.4, 0.5) is 5.13 Å². The summed E-state index contributed by atoms with van der Waals surface area (Å²) in [6, 6.07) is 9.19. The maximum atomic E-state index is 13.0. The quantitative estimate of drug-likeness (QED) is 0.599. The first kappa shape index (κ1) is 26.1. The normalized spacial score (nSPS) is 20.2. The number of hydrogen-bond acceptors (Lipinski definition) is 7. The van der Waals surface area contributed by atoms with E-state index < -0.39 is 0 Å². The number of amides is 2. The number of nitrogens with zero attached hydrogens (tertiary/aromatic N) is 5. The van der Waals surface area contributed by atoms with Gasteiger partial charge in [0.15, 0.2) is 5.13 Å². The molecule has 2 amide bonds. The van der Waals surface area contributed by atoms with Crippen LogP contribution in [-0.4, -0.2) is 101 Å². The maximum Gasteiger partial charge on any atom is 0.273 e. The van der Waals surface area contributed by atoms with Gasteiger partial charge in [-0.1, -0.05) is 49.1 Å². The zero-order valence-electron chi connectivity index (χ0n) is 22.0. The van der Waals surface area contributed by atoms with Crippen LogP contribution in [0.5, 0.6) is 0 Å². The number of carbonyl (C=O) groups is 2. The van der Waals surface area contributed by atoms with Crippen molar-refractivity contribution in [2.45, 2.75) is 51.6 Å². The van der Waals surface area contributed by atoms with Crippen LogP contribution in [0.1, 0.15) is 53.7 Å². The molecular weight excluding hydrogens is 484 g/mol. The van der Waals surface area contributed by atoms with Crippen LogP contribution >= 0.6 is 11.3 Å². The standard InChI is InChI=1S/C28H40N6O2S/c1-22-7-9-23(10-8-22)19-31-11-15-33(16-12-31)26(35)20-32-13-17-34(18-14-32)27(36)25-21-37-28(30-25)29-24-5-3-2-4-6-24/h7-10,21,24H,2-6,11-20H2,1H3,(H,29,30). The molecule has 0 bridgehead atoms. The summed E-state index contributed by atoms with van der Waals surface area (Å²) in [7, 11) is 0. The Morgan fingerprint density at radius 1 is 0.892 bits per heavy atom. The predicted octanol–water partition coefficient (Wildman–Crippen LogP) is 3.30. The smallest absolute Gasteiger partial charge is 0.273 e. The highest BCUT2D eigenvalue weighted by Gasteiger charge is 2.27. The number of aryl methyl sites for hydroxylation is 1. The summed E-state index contributed by atoms with van der Waals surface area (Å²) in [5, 5.41) is 6.26. The van der Waals surface area contributed by atoms with Gasteiger partial charge in [-0.3, -0.25) is 19.4 Å². The molecule has 37 heavy (non-hydrogen) atoms. The van der Waals surface area contributed by atoms with Gasteiger partial charge in [0.1, 0.15) is 5.69 Å². The van der Waals surface area contributed by atoms with Gasteiger partial charge in [-0.25, -0.2) is 4.98 Å². The van der Waals surface area contributed by atoms with Gasteiger partial charge in [-0.15, -0.1) is 11.3 Å². The van der Waals surface area contributed by atoms with Gasteiger partial charge in [0.05, 0.1) is 6.54 Å². The van der Waals surface area contributed by atoms with E-state index in [9.17, 15) is 9.59 Å². The summed E-state index contributed by atoms with van der Waals surface area (Å²) in [6.07, 6.45) is 6.24. The van der Waals surface area contributed by atoms with Crippen molar-refractivity contribution in [3.63, 3.8) is 0 Å². The third-order valence-electron chi connectivity index (χ3n) is 7.93. The molecule has 3 heterocycles. The summed E-state index contributed by atoms with van der Waals surface area (Å²) in [4.78, 5) is 39.0. The Bertz CT molecular complexity index is 1040. The molecular formula is C28H40N6O2S. The van der Waals surface area contributed by atoms with Crippen molar-refractivity contribution in [2.24, 2.45) is 0 Å². The average Bonchev–Trinajstić information content (AvgIpc) is 3.39. The van der Waals surface area contributed by atoms with Gasteiger partial charge in [0.2, 0.25) is 5.91 Å². The van der Waals surface area contributed by atoms with Crippen LogP contribution in [0.25, 0.3) is 0 Å². The Balaban J connectivity index is 1.02. The first-order chi connectivity index (χ1) is 18.0. The Morgan fingerprint density at radius 3 is 2.24 bits per heavy atom. The number of rotatable bonds is 7. The summed E-state index contributed by atoms with van der Waals surface area (Å²) >= 11 is 1.53. The second kappa shape index (κ2) is 12.4. The van der Waals surface area contributed by atoms with Gasteiger partial charge >= 0.3 is 0 Å². The fourth-order valence-corrected chi connectivity index (χ4v) is 6.29. The Labute approximate surface area is 224 Å². The van der Waals surface area contributed by atoms with E-state index in [2.05, 4.69) is 51.3 Å². The lowest BCUT2D eigenvalue weighted by molar-refractivity contribution is -0.134. The van der Waals surface area contributed by atoms with Crippen molar-refractivity contribution in [3.8, 4) is 0 Å². The maximum absolute atomic E-state index is 13.0. The van der Waals surface area contributed by atoms with Crippen molar-refractivity contribution >= 4 is 28.3 Å². The van der Waals surface area contributed by atoms with Crippen molar-refractivity contribution in [2.75, 3.05) is 64.2 Å². The molecule has 2 aromatic rings. The van der Waals surface area contributed by atoms with Gasteiger partial charge in [-0.05, 0) is 25.3 Å². The third kappa shape index (κ3) is 7.09. The molecule has 3 fully saturated rings. The Kier molecular flexibility index (Phi) is 8.74. The largest absolute Gasteiger partial charge is 0.359 e. The lowest BCUT2D eigenvalue weighted by atomic mass is 9.96. The van der Waals surface area contributed by atoms with Crippen molar-refractivity contribution < 1.29 is 9.59 Å². The fourth-order valence-electron chi connectivity index (χ4n) is 5.53. The molecule has 2 saturated heterocycles. The lowest BCUT2D eigenvalue weighted by Gasteiger charge is -2.38. The van der Waals surface area contributed by atoms with Crippen LogP contribution in [0.3, 0.4) is 0 Å². The minimum absolute atomic E-state index is 0.00335. The van der Waals surface area contributed by atoms with Crippen LogP contribution < -0.4 is 5.32 Å². The molecule has 0 radical (unpaired) electrons. The van der Waals surface area contributed by atoms with E-state index in [1.54, 1.807) is 0 Å². The topological polar surface area (TPSA) is 72.0 Å². The highest BCUT2D eigenvalue weighted by Crippen LogP contribution is 2.24. The van der Waals surface area contributed by atoms with Gasteiger partial charge in [0, 0.05) is 70.3 Å². The number of aromatic nitrogens is 1. The highest BCUT2D eigenvalue weighted by atomic mass is 32.1. The fraction of sp³-hybridized carbons (Fsp3) is 0.607. The molecule has 2 aliphatic heterocycles. The number of anilines is 1. The van der Waals surface area contributed by atoms with Gasteiger partial charge < -0.3 is 15.1 Å². The summed E-state index contributed by atoms with van der Waals surface area (Å²) in [5.74, 6) is 0.205. The molecule has 1 aromatic heterocycles. The summed E-state index contributed by atoms with van der Waals surface area (Å²) in [6.45, 7) is 9.59. The zero-order valence-corrected chi connectivity index (χ0v) is 22.8. The van der Waals surface area contributed by atoms with Crippen LogP contribution in [-0.2, 0) is 11.3 Å². The average molecular weight is 525 g/mol. The van der Waals surface area contributed by atoms with Crippen LogP contribution in [0.2, 0.25) is 0 Å². The third-order valence-corrected chi connectivity index (χ3v) is 8.70. The van der Waals surface area contributed by atoms with Crippen molar-refractivity contribution in [1.82, 2.24) is 24.6 Å². The molecule has 1 aromatic carbocycles. The van der Waals surface area contributed by atoms with Gasteiger partial charge in [-0.2, -0.15) is 0 Å². The molecule has 0 atom stereocenters. The van der Waals surface area contributed by atoms with Crippen LogP contribution in [0, 0.1) is 6.92 Å². The zero-order chi connectivity index (χ0) is 25.6. The van der Waals surface area contributed by atoms with Crippen molar-refractivity contribution in [1.29, 1.82) is 0 Å². The molecule has 1 saturated carbocycles. The SMILES string of the molecule is Cc1ccc(CN2CCN(C(=O)CN3CCN(C(=O)c4csc(NC5CCCCC5)n4)CC3)CC2)cc1. The van der Waals surface area contributed by atoms with E-state index in [0.29, 0.717) is 31.4 Å². The van der Waals surface area contributed by atoms with Crippen LogP contribution in [0.15, 0.2) is 29.6 Å². The predicted molar refractivity (Wildman–Crippen MR) is 148 cm³/mol. The number of nitrogens with one attached hydrogen (secondary N) is 1. The lowest BCUT2D eigenvalue weighted by Crippen LogP contribution is -2.54. The molecule has 5 rings (SSSR count). The van der Waals surface area contributed by atoms with Crippen molar-refractivity contribution in [3.05, 3.63) is 46.5 Å². The number of thiazole rings is 1. The molecule has 9 heteroatoms. The molecule has 0 spiro atoms. The number of hydrogen-bond donors (Lipinski definition) is 1. The molecule has 1 aliphatic carbocycles. The molecule has 1 N–H and O–H groups in total. The number of carbonyl (C=O) groups excluding carboxylic acids is 2. The van der Waals surface area contributed by atoms with E-state index in [4.69, 9.17) is 0 Å². The molecule has 0 unspecified atom stereocenters. The van der Waals surface area contributed by atoms with E-state index in [1.807, 2.05) is 15.2 Å². The Morgan fingerprint density at radius 2 is 1.54 bits per heavy atom. The van der Waals surface area contributed by atoms with E-state index in [1.165, 1.54) is 54.6 Å². The number of piperazine rings is 2. The van der Waals surface area contributed by atoms with E-state index in [0.717, 1.165) is 50.9 Å². The Hall–Kier alpha value is -2.49. The minimum atomic E-state index is 0.00335. The number of benzene rings is 1. The minimum Gasteiger partial charge on any atom is -0.359 e. The van der Waals surface area contributed by atoms with E-state index in [-0.39, 0.29) is 11.8 Å². The first-order valence-electron chi connectivity index (χ1n) is 13.8. The van der Waals surface area contributed by atoms with E-state index >= 15 is 0 Å². The highest BCUT2D eigenvalue weighted by molar-refractivity contribution is 7.13. The second-order valence-electron chi connectivity index (χ2n) is 10.7. The summed E-state index contributed by atoms with van der Waals surface area (Å²) in [5.41, 5.74) is 3.15. The monoisotopic (exact) mass is 524 g/mol. The van der Waals surface area contributed by atoms with Gasteiger partial charge in [0.25, 0.3) is 5.91 Å². The summed E-state index contributed by atoms with van der Waals surface area (Å²) < 4.78 is 0. The molecule has 200 valence electrons. The molecule has 3 aliphatic rings.